The van der Waals surface area contributed by atoms with Gasteiger partial charge in [0.15, 0.2) is 5.60 Å². The van der Waals surface area contributed by atoms with Crippen LogP contribution >= 0.6 is 0 Å². The summed E-state index contributed by atoms with van der Waals surface area (Å²) in [4.78, 5) is 34.5. The van der Waals surface area contributed by atoms with E-state index in [1.54, 1.807) is 17.0 Å². The fourth-order valence-corrected chi connectivity index (χ4v) is 6.03. The molecule has 1 saturated carbocycles. The van der Waals surface area contributed by atoms with Crippen molar-refractivity contribution in [2.24, 2.45) is 0 Å². The van der Waals surface area contributed by atoms with Crippen LogP contribution in [0.4, 0.5) is 23.4 Å². The van der Waals surface area contributed by atoms with Gasteiger partial charge in [0.05, 0.1) is 18.3 Å². The summed E-state index contributed by atoms with van der Waals surface area (Å²) in [6.07, 6.45) is -2.80. The van der Waals surface area contributed by atoms with Crippen molar-refractivity contribution in [3.8, 4) is 0 Å². The fourth-order valence-electron chi connectivity index (χ4n) is 6.03. The third kappa shape index (κ3) is 4.67. The molecule has 4 heterocycles. The lowest BCUT2D eigenvalue weighted by atomic mass is 9.76. The number of carbonyl (C=O) groups excluding carboxylic acids is 2. The number of pyridine rings is 1. The zero-order chi connectivity index (χ0) is 26.4. The molecule has 3 aliphatic rings. The number of aliphatic hydroxyl groups is 1. The summed E-state index contributed by atoms with van der Waals surface area (Å²) in [5.41, 5.74) is -2.70. The predicted octanol–water partition coefficient (Wildman–Crippen LogP) is 2.93. The Morgan fingerprint density at radius 2 is 1.81 bits per heavy atom. The van der Waals surface area contributed by atoms with Crippen LogP contribution in [0, 0.1) is 0 Å². The van der Waals surface area contributed by atoms with Crippen molar-refractivity contribution >= 4 is 28.7 Å². The molecule has 5 rings (SSSR count). The molecule has 0 radical (unpaired) electrons. The van der Waals surface area contributed by atoms with Gasteiger partial charge in [0.25, 0.3) is 0 Å². The highest BCUT2D eigenvalue weighted by Gasteiger charge is 2.58. The highest BCUT2D eigenvalue weighted by atomic mass is 19.4. The number of nitrogens with zero attached hydrogens (tertiary/aromatic N) is 4. The predicted molar refractivity (Wildman–Crippen MR) is 125 cm³/mol. The molecular formula is C24H30F4N6O3. The van der Waals surface area contributed by atoms with Crippen LogP contribution in [0.5, 0.6) is 0 Å². The number of likely N-dealkylation sites (tertiary alicyclic amines) is 2. The van der Waals surface area contributed by atoms with Gasteiger partial charge in [-0.25, -0.2) is 9.37 Å². The smallest absolute Gasteiger partial charge is 0.380 e. The number of hydrogen-bond acceptors (Lipinski definition) is 6. The number of aromatic nitrogens is 3. The van der Waals surface area contributed by atoms with Crippen LogP contribution in [-0.4, -0.2) is 91.1 Å². The van der Waals surface area contributed by atoms with Gasteiger partial charge in [0, 0.05) is 19.5 Å². The zero-order valence-electron chi connectivity index (χ0n) is 20.2. The third-order valence-electron chi connectivity index (χ3n) is 8.16. The van der Waals surface area contributed by atoms with E-state index in [0.29, 0.717) is 36.7 Å². The van der Waals surface area contributed by atoms with Crippen molar-refractivity contribution in [1.82, 2.24) is 25.0 Å². The van der Waals surface area contributed by atoms with E-state index >= 15 is 0 Å². The average Bonchev–Trinajstić information content (AvgIpc) is 3.50. The lowest BCUT2D eigenvalue weighted by Gasteiger charge is -2.51. The Bertz CT molecular complexity index is 1160. The van der Waals surface area contributed by atoms with Crippen LogP contribution in [0.25, 0.3) is 11.0 Å². The lowest BCUT2D eigenvalue weighted by Crippen LogP contribution is -2.66. The molecule has 13 heteroatoms. The Hall–Kier alpha value is -2.80. The first-order valence-electron chi connectivity index (χ1n) is 12.6. The van der Waals surface area contributed by atoms with Crippen molar-refractivity contribution in [1.29, 1.82) is 0 Å². The Morgan fingerprint density at radius 1 is 1.11 bits per heavy atom. The van der Waals surface area contributed by atoms with Crippen molar-refractivity contribution in [2.75, 3.05) is 25.0 Å². The van der Waals surface area contributed by atoms with Gasteiger partial charge in [-0.3, -0.25) is 19.6 Å². The van der Waals surface area contributed by atoms with Crippen LogP contribution < -0.4 is 5.32 Å². The molecule has 3 N–H and O–H groups in total. The number of amides is 2. The van der Waals surface area contributed by atoms with E-state index in [9.17, 15) is 32.3 Å². The number of fused-ring (bicyclic) bond motifs is 1. The van der Waals surface area contributed by atoms with Gasteiger partial charge in [-0.05, 0) is 37.8 Å². The van der Waals surface area contributed by atoms with Crippen LogP contribution in [0.3, 0.4) is 0 Å². The summed E-state index contributed by atoms with van der Waals surface area (Å²) in [6.45, 7) is -0.479. The fraction of sp³-hybridized carbons (Fsp3) is 0.667. The van der Waals surface area contributed by atoms with Crippen LogP contribution in [0.1, 0.15) is 51.4 Å². The molecule has 2 atom stereocenters. The number of halogens is 4. The number of piperidine rings is 1. The van der Waals surface area contributed by atoms with Gasteiger partial charge in [0.2, 0.25) is 11.8 Å². The average molecular weight is 527 g/mol. The normalized spacial score (nSPS) is 26.4. The van der Waals surface area contributed by atoms with Gasteiger partial charge >= 0.3 is 6.18 Å². The molecule has 2 saturated heterocycles. The number of aromatic amines is 1. The summed E-state index contributed by atoms with van der Waals surface area (Å²) in [7, 11) is 0. The molecule has 202 valence electrons. The summed E-state index contributed by atoms with van der Waals surface area (Å²) < 4.78 is 54.8. The van der Waals surface area contributed by atoms with Gasteiger partial charge in [-0.15, -0.1) is 0 Å². The number of nitrogens with one attached hydrogen (secondary N) is 2. The molecule has 2 aliphatic heterocycles. The minimum absolute atomic E-state index is 0.111. The third-order valence-corrected chi connectivity index (χ3v) is 8.16. The van der Waals surface area contributed by atoms with Gasteiger partial charge in [0.1, 0.15) is 29.1 Å². The summed E-state index contributed by atoms with van der Waals surface area (Å²) >= 11 is 0. The molecule has 0 aromatic carbocycles. The molecule has 2 aromatic heterocycles. The minimum Gasteiger partial charge on any atom is -0.380 e. The number of alkyl halides is 4. The maximum atomic E-state index is 14.6. The molecule has 0 unspecified atom stereocenters. The first-order chi connectivity index (χ1) is 17.5. The van der Waals surface area contributed by atoms with E-state index in [0.717, 1.165) is 6.42 Å². The zero-order valence-corrected chi connectivity index (χ0v) is 20.2. The summed E-state index contributed by atoms with van der Waals surface area (Å²) in [5.74, 6) is -0.758. The lowest BCUT2D eigenvalue weighted by molar-refractivity contribution is -0.275. The first-order valence-corrected chi connectivity index (χ1v) is 12.6. The van der Waals surface area contributed by atoms with Gasteiger partial charge in [-0.2, -0.15) is 18.3 Å². The molecule has 0 bridgehead atoms. The molecular weight excluding hydrogens is 496 g/mol. The van der Waals surface area contributed by atoms with Crippen LogP contribution in [0.15, 0.2) is 18.3 Å². The summed E-state index contributed by atoms with van der Waals surface area (Å²) in [5, 5.41) is 19.5. The van der Waals surface area contributed by atoms with Crippen molar-refractivity contribution < 1.29 is 32.3 Å². The van der Waals surface area contributed by atoms with Crippen LogP contribution in [0.2, 0.25) is 0 Å². The maximum Gasteiger partial charge on any atom is 0.417 e. The molecule has 3 fully saturated rings. The summed E-state index contributed by atoms with van der Waals surface area (Å²) in [6, 6.07) is 2.20. The monoisotopic (exact) mass is 526 g/mol. The maximum absolute atomic E-state index is 14.6. The van der Waals surface area contributed by atoms with Crippen molar-refractivity contribution in [3.63, 3.8) is 0 Å². The second kappa shape index (κ2) is 9.50. The highest BCUT2D eigenvalue weighted by Crippen LogP contribution is 2.44. The second-order valence-corrected chi connectivity index (χ2v) is 10.4. The molecule has 9 nitrogen and oxygen atoms in total. The topological polar surface area (TPSA) is 114 Å². The van der Waals surface area contributed by atoms with Crippen LogP contribution in [-0.2, 0) is 9.59 Å². The second-order valence-electron chi connectivity index (χ2n) is 10.4. The number of carbonyl (C=O) groups is 2. The van der Waals surface area contributed by atoms with Gasteiger partial charge in [-0.1, -0.05) is 19.3 Å². The molecule has 2 aromatic rings. The van der Waals surface area contributed by atoms with Gasteiger partial charge < -0.3 is 15.3 Å². The van der Waals surface area contributed by atoms with E-state index in [4.69, 9.17) is 0 Å². The largest absolute Gasteiger partial charge is 0.417 e. The number of H-pyrrole nitrogens is 1. The van der Waals surface area contributed by atoms with E-state index in [-0.39, 0.29) is 31.9 Å². The minimum atomic E-state index is -4.75. The Labute approximate surface area is 210 Å². The quantitative estimate of drug-likeness (QED) is 0.528. The Balaban J connectivity index is 1.36. The molecule has 37 heavy (non-hydrogen) atoms. The SMILES string of the molecule is O=C(Nc1ccc2[nH]ncc2n1)[C@H]1C[C@@H](F)CN1C(=O)C1(N2CCC(O)(C(F)(F)F)CC2)CCCCC1. The number of rotatable bonds is 4. The Morgan fingerprint density at radius 3 is 2.49 bits per heavy atom. The van der Waals surface area contributed by atoms with E-state index in [1.807, 2.05) is 0 Å². The standard InChI is InChI=1S/C24H30F4N6O3/c25-15-12-18(20(35)31-19-5-4-16-17(30-19)13-29-32-16)34(14-15)21(36)22(6-2-1-3-7-22)33-10-8-23(37,9-11-33)24(26,27)28/h4-5,13,15,18,37H,1-3,6-12,14H2,(H,29,32)(H,30,31,35)/t15-,18-/m1/s1. The van der Waals surface area contributed by atoms with E-state index in [2.05, 4.69) is 20.5 Å². The van der Waals surface area contributed by atoms with E-state index in [1.165, 1.54) is 11.1 Å². The molecule has 0 spiro atoms. The van der Waals surface area contributed by atoms with E-state index < -0.39 is 54.2 Å². The highest BCUT2D eigenvalue weighted by molar-refractivity contribution is 5.99. The van der Waals surface area contributed by atoms with Crippen molar-refractivity contribution in [2.45, 2.75) is 80.9 Å². The number of anilines is 1. The Kier molecular flexibility index (Phi) is 6.63. The molecule has 2 amide bonds. The van der Waals surface area contributed by atoms with Crippen molar-refractivity contribution in [3.05, 3.63) is 18.3 Å². The first kappa shape index (κ1) is 25.8. The number of hydrogen-bond donors (Lipinski definition) is 3. The molecule has 1 aliphatic carbocycles.